The van der Waals surface area contributed by atoms with Crippen LogP contribution in [0.15, 0.2) is 78.9 Å². The van der Waals surface area contributed by atoms with Crippen molar-refractivity contribution in [3.8, 4) is 0 Å². The molecular weight excluding hydrogens is 392 g/mol. The van der Waals surface area contributed by atoms with Crippen LogP contribution in [0.2, 0.25) is 5.02 Å². The Morgan fingerprint density at radius 2 is 1.75 bits per heavy atom. The molecule has 3 aromatic rings. The zero-order valence-electron chi connectivity index (χ0n) is 14.8. The number of hydrogen-bond donors (Lipinski definition) is 1. The minimum Gasteiger partial charge on any atom is -0.322 e. The Balaban J connectivity index is 1.59. The number of carbonyl (C=O) groups is 2. The van der Waals surface area contributed by atoms with Gasteiger partial charge in [-0.05, 0) is 42.0 Å². The quantitative estimate of drug-likeness (QED) is 0.631. The standard InChI is InChI=1S/C22H17ClN2O2S/c23-19-12-5-4-11-18(19)21(27)24-16-8-6-7-15(13-16)22-25(20(26)14-28-22)17-9-2-1-3-10-17/h1-13,22H,14H2,(H,24,27)/t22-/m1/s1. The maximum atomic E-state index is 12.5. The minimum atomic E-state index is -0.266. The summed E-state index contributed by atoms with van der Waals surface area (Å²) >= 11 is 7.69. The summed E-state index contributed by atoms with van der Waals surface area (Å²) in [5.41, 5.74) is 2.91. The molecule has 4 rings (SSSR count). The van der Waals surface area contributed by atoms with Crippen LogP contribution in [0.4, 0.5) is 11.4 Å². The monoisotopic (exact) mass is 408 g/mol. The predicted octanol–water partition coefficient (Wildman–Crippen LogP) is 5.37. The Hall–Kier alpha value is -2.76. The van der Waals surface area contributed by atoms with Gasteiger partial charge in [-0.15, -0.1) is 11.8 Å². The van der Waals surface area contributed by atoms with Gasteiger partial charge in [0.1, 0.15) is 5.37 Å². The number of amides is 2. The van der Waals surface area contributed by atoms with Crippen LogP contribution in [0.3, 0.4) is 0 Å². The van der Waals surface area contributed by atoms with Gasteiger partial charge >= 0.3 is 0 Å². The van der Waals surface area contributed by atoms with Gasteiger partial charge in [-0.2, -0.15) is 0 Å². The molecular formula is C22H17ClN2O2S. The number of anilines is 2. The van der Waals surface area contributed by atoms with E-state index >= 15 is 0 Å². The van der Waals surface area contributed by atoms with E-state index < -0.39 is 0 Å². The second-order valence-corrected chi connectivity index (χ2v) is 7.80. The molecule has 0 radical (unpaired) electrons. The summed E-state index contributed by atoms with van der Waals surface area (Å²) in [6.07, 6.45) is 0. The van der Waals surface area contributed by atoms with Crippen LogP contribution >= 0.6 is 23.4 Å². The summed E-state index contributed by atoms with van der Waals surface area (Å²) in [6.45, 7) is 0. The van der Waals surface area contributed by atoms with E-state index in [1.807, 2.05) is 54.6 Å². The molecule has 0 aromatic heterocycles. The van der Waals surface area contributed by atoms with Crippen molar-refractivity contribution in [2.75, 3.05) is 16.0 Å². The van der Waals surface area contributed by atoms with E-state index in [-0.39, 0.29) is 17.2 Å². The van der Waals surface area contributed by atoms with Gasteiger partial charge < -0.3 is 5.32 Å². The molecule has 6 heteroatoms. The van der Waals surface area contributed by atoms with E-state index in [1.165, 1.54) is 0 Å². The summed E-state index contributed by atoms with van der Waals surface area (Å²) < 4.78 is 0. The molecule has 0 saturated carbocycles. The van der Waals surface area contributed by atoms with Crippen LogP contribution in [-0.2, 0) is 4.79 Å². The molecule has 1 heterocycles. The van der Waals surface area contributed by atoms with E-state index in [1.54, 1.807) is 40.9 Å². The van der Waals surface area contributed by atoms with Crippen LogP contribution in [0.5, 0.6) is 0 Å². The first-order chi connectivity index (χ1) is 13.6. The van der Waals surface area contributed by atoms with Crippen molar-refractivity contribution < 1.29 is 9.59 Å². The predicted molar refractivity (Wildman–Crippen MR) is 115 cm³/mol. The van der Waals surface area contributed by atoms with Gasteiger partial charge in [0, 0.05) is 11.4 Å². The third-order valence-corrected chi connectivity index (χ3v) is 5.99. The zero-order chi connectivity index (χ0) is 19.5. The van der Waals surface area contributed by atoms with E-state index in [0.29, 0.717) is 22.0 Å². The number of thioether (sulfide) groups is 1. The Morgan fingerprint density at radius 1 is 1.00 bits per heavy atom. The molecule has 28 heavy (non-hydrogen) atoms. The Bertz CT molecular complexity index is 1030. The lowest BCUT2D eigenvalue weighted by molar-refractivity contribution is -0.115. The average Bonchev–Trinajstić information content (AvgIpc) is 3.10. The fraction of sp³-hybridized carbons (Fsp3) is 0.0909. The topological polar surface area (TPSA) is 49.4 Å². The molecule has 1 aliphatic rings. The second kappa shape index (κ2) is 8.09. The number of para-hydroxylation sites is 1. The SMILES string of the molecule is O=C(Nc1cccc([C@H]2SCC(=O)N2c2ccccc2)c1)c1ccccc1Cl. The second-order valence-electron chi connectivity index (χ2n) is 6.32. The molecule has 1 aliphatic heterocycles. The number of rotatable bonds is 4. The minimum absolute atomic E-state index is 0.0757. The first-order valence-electron chi connectivity index (χ1n) is 8.78. The molecule has 2 amide bonds. The Kier molecular flexibility index (Phi) is 5.37. The number of nitrogens with zero attached hydrogens (tertiary/aromatic N) is 1. The molecule has 140 valence electrons. The third-order valence-electron chi connectivity index (χ3n) is 4.45. The first-order valence-corrected chi connectivity index (χ1v) is 10.2. The van der Waals surface area contributed by atoms with E-state index in [4.69, 9.17) is 11.6 Å². The van der Waals surface area contributed by atoms with E-state index in [9.17, 15) is 9.59 Å². The summed E-state index contributed by atoms with van der Waals surface area (Å²) in [5, 5.41) is 3.17. The van der Waals surface area contributed by atoms with Crippen molar-refractivity contribution in [3.63, 3.8) is 0 Å². The van der Waals surface area contributed by atoms with Crippen LogP contribution < -0.4 is 10.2 Å². The van der Waals surface area contributed by atoms with E-state index in [0.717, 1.165) is 11.3 Å². The fourth-order valence-corrected chi connectivity index (χ4v) is 4.54. The first kappa shape index (κ1) is 18.6. The van der Waals surface area contributed by atoms with Crippen molar-refractivity contribution in [2.45, 2.75) is 5.37 Å². The molecule has 0 spiro atoms. The van der Waals surface area contributed by atoms with Crippen LogP contribution in [0, 0.1) is 0 Å². The zero-order valence-corrected chi connectivity index (χ0v) is 16.4. The highest BCUT2D eigenvalue weighted by atomic mass is 35.5. The van der Waals surface area contributed by atoms with Gasteiger partial charge in [-0.3, -0.25) is 14.5 Å². The largest absolute Gasteiger partial charge is 0.322 e. The molecule has 1 saturated heterocycles. The van der Waals surface area contributed by atoms with Gasteiger partial charge in [0.15, 0.2) is 0 Å². The Labute approximate surface area is 172 Å². The van der Waals surface area contributed by atoms with Crippen molar-refractivity contribution in [3.05, 3.63) is 95.0 Å². The van der Waals surface area contributed by atoms with Crippen molar-refractivity contribution in [2.24, 2.45) is 0 Å². The number of carbonyl (C=O) groups excluding carboxylic acids is 2. The molecule has 3 aromatic carbocycles. The van der Waals surface area contributed by atoms with Gasteiger partial charge in [0.2, 0.25) is 5.91 Å². The van der Waals surface area contributed by atoms with Crippen LogP contribution in [0.25, 0.3) is 0 Å². The lowest BCUT2D eigenvalue weighted by atomic mass is 10.1. The molecule has 1 atom stereocenters. The van der Waals surface area contributed by atoms with Gasteiger partial charge in [0.05, 0.1) is 16.3 Å². The number of hydrogen-bond acceptors (Lipinski definition) is 3. The maximum Gasteiger partial charge on any atom is 0.257 e. The normalized spacial score (nSPS) is 16.2. The maximum absolute atomic E-state index is 12.5. The van der Waals surface area contributed by atoms with Gasteiger partial charge in [-0.1, -0.05) is 54.1 Å². The molecule has 0 aliphatic carbocycles. The van der Waals surface area contributed by atoms with Crippen LogP contribution in [0.1, 0.15) is 21.3 Å². The van der Waals surface area contributed by atoms with Crippen LogP contribution in [-0.4, -0.2) is 17.6 Å². The molecule has 0 unspecified atom stereocenters. The smallest absolute Gasteiger partial charge is 0.257 e. The highest BCUT2D eigenvalue weighted by Crippen LogP contribution is 2.42. The molecule has 4 nitrogen and oxygen atoms in total. The summed E-state index contributed by atoms with van der Waals surface area (Å²) in [7, 11) is 0. The number of benzene rings is 3. The Morgan fingerprint density at radius 3 is 2.54 bits per heavy atom. The molecule has 1 N–H and O–H groups in total. The highest BCUT2D eigenvalue weighted by Gasteiger charge is 2.34. The summed E-state index contributed by atoms with van der Waals surface area (Å²) in [5.74, 6) is 0.236. The lowest BCUT2D eigenvalue weighted by Crippen LogP contribution is -2.27. The van der Waals surface area contributed by atoms with Crippen molar-refractivity contribution in [1.82, 2.24) is 0 Å². The summed E-state index contributed by atoms with van der Waals surface area (Å²) in [4.78, 5) is 26.8. The van der Waals surface area contributed by atoms with Crippen molar-refractivity contribution >= 4 is 46.6 Å². The van der Waals surface area contributed by atoms with E-state index in [2.05, 4.69) is 5.32 Å². The lowest BCUT2D eigenvalue weighted by Gasteiger charge is -2.24. The molecule has 1 fully saturated rings. The molecule has 0 bridgehead atoms. The highest BCUT2D eigenvalue weighted by molar-refractivity contribution is 8.00. The number of nitrogens with one attached hydrogen (secondary N) is 1. The van der Waals surface area contributed by atoms with Gasteiger partial charge in [0.25, 0.3) is 5.91 Å². The summed E-state index contributed by atoms with van der Waals surface area (Å²) in [6, 6.07) is 24.1. The van der Waals surface area contributed by atoms with Crippen molar-refractivity contribution in [1.29, 1.82) is 0 Å². The number of halogens is 1. The fourth-order valence-electron chi connectivity index (χ4n) is 3.15. The average molecular weight is 409 g/mol. The van der Waals surface area contributed by atoms with Gasteiger partial charge in [-0.25, -0.2) is 0 Å². The third kappa shape index (κ3) is 3.77.